The summed E-state index contributed by atoms with van der Waals surface area (Å²) in [7, 11) is 5.00. The predicted octanol–water partition coefficient (Wildman–Crippen LogP) is 2.59. The van der Waals surface area contributed by atoms with Crippen LogP contribution >= 0.6 is 0 Å². The fourth-order valence-corrected chi connectivity index (χ4v) is 2.40. The van der Waals surface area contributed by atoms with Crippen LogP contribution in [0.15, 0.2) is 53.5 Å². The third kappa shape index (κ3) is 6.29. The Labute approximate surface area is 155 Å². The largest absolute Gasteiger partial charge is 0.493 e. The fourth-order valence-electron chi connectivity index (χ4n) is 2.40. The lowest BCUT2D eigenvalue weighted by Crippen LogP contribution is -2.38. The maximum Gasteiger partial charge on any atom is 0.191 e. The highest BCUT2D eigenvalue weighted by Crippen LogP contribution is 2.27. The van der Waals surface area contributed by atoms with Crippen LogP contribution in [0.25, 0.3) is 0 Å². The average Bonchev–Trinajstić information content (AvgIpc) is 2.70. The first-order valence-corrected chi connectivity index (χ1v) is 8.54. The molecule has 0 radical (unpaired) electrons. The molecule has 0 aliphatic carbocycles. The minimum atomic E-state index is 0.603. The van der Waals surface area contributed by atoms with Crippen LogP contribution in [-0.2, 0) is 17.9 Å². The molecule has 0 heterocycles. The van der Waals surface area contributed by atoms with Crippen molar-refractivity contribution in [3.63, 3.8) is 0 Å². The number of hydrogen-bond acceptors (Lipinski definition) is 4. The number of hydrogen-bond donors (Lipinski definition) is 2. The number of methoxy groups -OCH3 is 2. The molecule has 0 saturated carbocycles. The molecule has 26 heavy (non-hydrogen) atoms. The van der Waals surface area contributed by atoms with Gasteiger partial charge in [0, 0.05) is 20.1 Å². The van der Waals surface area contributed by atoms with Crippen LogP contribution in [0.3, 0.4) is 0 Å². The molecule has 0 aromatic heterocycles. The van der Waals surface area contributed by atoms with Crippen molar-refractivity contribution in [2.45, 2.75) is 13.2 Å². The third-order valence-electron chi connectivity index (χ3n) is 3.78. The Morgan fingerprint density at radius 3 is 2.38 bits per heavy atom. The van der Waals surface area contributed by atoms with Crippen LogP contribution in [-0.4, -0.2) is 40.4 Å². The van der Waals surface area contributed by atoms with Gasteiger partial charge in [0.25, 0.3) is 0 Å². The Morgan fingerprint density at radius 2 is 1.69 bits per heavy atom. The average molecular weight is 357 g/mol. The van der Waals surface area contributed by atoms with Gasteiger partial charge in [0.2, 0.25) is 0 Å². The van der Waals surface area contributed by atoms with E-state index in [0.29, 0.717) is 37.8 Å². The molecule has 0 aliphatic rings. The minimum absolute atomic E-state index is 0.603. The number of ether oxygens (including phenoxy) is 3. The highest BCUT2D eigenvalue weighted by atomic mass is 16.5. The lowest BCUT2D eigenvalue weighted by Gasteiger charge is -2.13. The molecule has 6 nitrogen and oxygen atoms in total. The van der Waals surface area contributed by atoms with E-state index in [1.807, 2.05) is 36.4 Å². The standard InChI is InChI=1S/C20H27N3O3/c1-21-20(22-11-12-26-15-16-7-5-4-6-8-16)23-14-17-9-10-18(24-2)19(13-17)25-3/h4-10,13H,11-12,14-15H2,1-3H3,(H2,21,22,23). The highest BCUT2D eigenvalue weighted by Gasteiger charge is 2.05. The summed E-state index contributed by atoms with van der Waals surface area (Å²) in [6, 6.07) is 16.0. The highest BCUT2D eigenvalue weighted by molar-refractivity contribution is 5.79. The van der Waals surface area contributed by atoms with Crippen LogP contribution in [0.1, 0.15) is 11.1 Å². The molecule has 2 aromatic rings. The van der Waals surface area contributed by atoms with Crippen LogP contribution < -0.4 is 20.1 Å². The van der Waals surface area contributed by atoms with E-state index in [1.165, 1.54) is 5.56 Å². The van der Waals surface area contributed by atoms with E-state index in [9.17, 15) is 0 Å². The van der Waals surface area contributed by atoms with E-state index in [0.717, 1.165) is 11.5 Å². The summed E-state index contributed by atoms with van der Waals surface area (Å²) in [4.78, 5) is 4.22. The van der Waals surface area contributed by atoms with Gasteiger partial charge in [-0.05, 0) is 23.3 Å². The molecule has 6 heteroatoms. The Morgan fingerprint density at radius 1 is 0.923 bits per heavy atom. The maximum absolute atomic E-state index is 5.66. The zero-order valence-corrected chi connectivity index (χ0v) is 15.6. The minimum Gasteiger partial charge on any atom is -0.493 e. The number of nitrogens with one attached hydrogen (secondary N) is 2. The van der Waals surface area contributed by atoms with Crippen molar-refractivity contribution in [1.29, 1.82) is 0 Å². The summed E-state index contributed by atoms with van der Waals surface area (Å²) in [5.74, 6) is 2.15. The van der Waals surface area contributed by atoms with Crippen molar-refractivity contribution in [1.82, 2.24) is 10.6 Å². The number of guanidine groups is 1. The van der Waals surface area contributed by atoms with Crippen molar-refractivity contribution in [2.24, 2.45) is 4.99 Å². The summed E-state index contributed by atoms with van der Waals surface area (Å²) in [6.07, 6.45) is 0. The number of aliphatic imine (C=N–C) groups is 1. The second-order valence-corrected chi connectivity index (χ2v) is 5.58. The molecule has 0 atom stereocenters. The van der Waals surface area contributed by atoms with Gasteiger partial charge in [-0.3, -0.25) is 4.99 Å². The first-order valence-electron chi connectivity index (χ1n) is 8.54. The van der Waals surface area contributed by atoms with Crippen molar-refractivity contribution < 1.29 is 14.2 Å². The van der Waals surface area contributed by atoms with E-state index in [-0.39, 0.29) is 0 Å². The zero-order chi connectivity index (χ0) is 18.6. The smallest absolute Gasteiger partial charge is 0.191 e. The maximum atomic E-state index is 5.66. The summed E-state index contributed by atoms with van der Waals surface area (Å²) in [5.41, 5.74) is 2.24. The van der Waals surface area contributed by atoms with Gasteiger partial charge in [0.1, 0.15) is 0 Å². The lowest BCUT2D eigenvalue weighted by molar-refractivity contribution is 0.125. The normalized spacial score (nSPS) is 11.1. The van der Waals surface area contributed by atoms with Gasteiger partial charge in [-0.15, -0.1) is 0 Å². The quantitative estimate of drug-likeness (QED) is 0.410. The van der Waals surface area contributed by atoms with Gasteiger partial charge >= 0.3 is 0 Å². The lowest BCUT2D eigenvalue weighted by atomic mass is 10.2. The topological polar surface area (TPSA) is 64.1 Å². The number of nitrogens with zero attached hydrogens (tertiary/aromatic N) is 1. The predicted molar refractivity (Wildman–Crippen MR) is 104 cm³/mol. The summed E-state index contributed by atoms with van der Waals surface area (Å²) >= 11 is 0. The van der Waals surface area contributed by atoms with Crippen molar-refractivity contribution in [3.8, 4) is 11.5 Å². The van der Waals surface area contributed by atoms with E-state index < -0.39 is 0 Å². The van der Waals surface area contributed by atoms with E-state index in [1.54, 1.807) is 21.3 Å². The van der Waals surface area contributed by atoms with Gasteiger partial charge in [-0.2, -0.15) is 0 Å². The second kappa shape index (κ2) is 11.0. The van der Waals surface area contributed by atoms with Gasteiger partial charge in [-0.1, -0.05) is 36.4 Å². The zero-order valence-electron chi connectivity index (χ0n) is 15.6. The molecule has 0 unspecified atom stereocenters. The molecule has 0 spiro atoms. The summed E-state index contributed by atoms with van der Waals surface area (Å²) in [6.45, 7) is 2.52. The SMILES string of the molecule is CN=C(NCCOCc1ccccc1)NCc1ccc(OC)c(OC)c1. The van der Waals surface area contributed by atoms with E-state index in [2.05, 4.69) is 27.8 Å². The molecule has 0 aliphatic heterocycles. The molecular formula is C20H27N3O3. The van der Waals surface area contributed by atoms with E-state index >= 15 is 0 Å². The molecule has 2 N–H and O–H groups in total. The van der Waals surface area contributed by atoms with Crippen molar-refractivity contribution in [3.05, 3.63) is 59.7 Å². The number of benzene rings is 2. The van der Waals surface area contributed by atoms with Crippen LogP contribution in [0.5, 0.6) is 11.5 Å². The van der Waals surface area contributed by atoms with Crippen molar-refractivity contribution in [2.75, 3.05) is 34.4 Å². The first kappa shape index (κ1) is 19.6. The Kier molecular flexibility index (Phi) is 8.29. The summed E-state index contributed by atoms with van der Waals surface area (Å²) < 4.78 is 16.2. The molecular weight excluding hydrogens is 330 g/mol. The Balaban J connectivity index is 1.70. The Hall–Kier alpha value is -2.73. The first-order chi connectivity index (χ1) is 12.8. The Bertz CT molecular complexity index is 690. The van der Waals surface area contributed by atoms with Gasteiger partial charge in [0.15, 0.2) is 17.5 Å². The third-order valence-corrected chi connectivity index (χ3v) is 3.78. The fraction of sp³-hybridized carbons (Fsp3) is 0.350. The van der Waals surface area contributed by atoms with Gasteiger partial charge in [0.05, 0.1) is 27.4 Å². The van der Waals surface area contributed by atoms with Crippen LogP contribution in [0, 0.1) is 0 Å². The second-order valence-electron chi connectivity index (χ2n) is 5.58. The monoisotopic (exact) mass is 357 g/mol. The molecule has 0 bridgehead atoms. The number of rotatable bonds is 9. The molecule has 2 aromatic carbocycles. The molecule has 140 valence electrons. The van der Waals surface area contributed by atoms with Crippen LogP contribution in [0.4, 0.5) is 0 Å². The molecule has 2 rings (SSSR count). The van der Waals surface area contributed by atoms with Gasteiger partial charge in [-0.25, -0.2) is 0 Å². The molecule has 0 fully saturated rings. The van der Waals surface area contributed by atoms with Crippen molar-refractivity contribution >= 4 is 5.96 Å². The molecule has 0 saturated heterocycles. The van der Waals surface area contributed by atoms with E-state index in [4.69, 9.17) is 14.2 Å². The molecule has 0 amide bonds. The summed E-state index contributed by atoms with van der Waals surface area (Å²) in [5, 5.41) is 6.51. The van der Waals surface area contributed by atoms with Crippen LogP contribution in [0.2, 0.25) is 0 Å². The van der Waals surface area contributed by atoms with Gasteiger partial charge < -0.3 is 24.8 Å².